The maximum Gasteiger partial charge on any atom is 0.251 e. The van der Waals surface area contributed by atoms with Gasteiger partial charge in [-0.1, -0.05) is 52.9 Å². The molecule has 1 aromatic rings. The van der Waals surface area contributed by atoms with Gasteiger partial charge < -0.3 is 16.0 Å². The summed E-state index contributed by atoms with van der Waals surface area (Å²) in [6.07, 6.45) is 6.78. The molecule has 2 unspecified atom stereocenters. The number of nitrogens with one attached hydrogen (secondary N) is 3. The lowest BCUT2D eigenvalue weighted by molar-refractivity contribution is -0.118. The molecular weight excluding hydrogens is 314 g/mol. The zero-order chi connectivity index (χ0) is 18.2. The molecule has 1 heterocycles. The summed E-state index contributed by atoms with van der Waals surface area (Å²) in [5.41, 5.74) is 2.14. The number of fused-ring (bicyclic) bond motifs is 1. The van der Waals surface area contributed by atoms with E-state index < -0.39 is 0 Å². The van der Waals surface area contributed by atoms with E-state index in [-0.39, 0.29) is 23.8 Å². The molecule has 2 atom stereocenters. The van der Waals surface area contributed by atoms with Crippen LogP contribution in [-0.4, -0.2) is 24.4 Å². The fraction of sp³-hybridized carbons (Fsp3) is 0.600. The first-order valence-electron chi connectivity index (χ1n) is 9.56. The van der Waals surface area contributed by atoms with E-state index in [2.05, 4.69) is 36.7 Å². The summed E-state index contributed by atoms with van der Waals surface area (Å²) in [4.78, 5) is 24.5. The van der Waals surface area contributed by atoms with Gasteiger partial charge in [-0.15, -0.1) is 0 Å². The Kier molecular flexibility index (Phi) is 7.29. The van der Waals surface area contributed by atoms with Gasteiger partial charge >= 0.3 is 0 Å². The number of anilines is 2. The third kappa shape index (κ3) is 5.21. The molecule has 2 amide bonds. The molecule has 138 valence electrons. The standard InChI is InChI=1S/C20H31N3O2/c1-4-6-7-8-9-12-21-19(24)15-10-11-16-17(13-15)23-20(25)18(22-16)14(3)5-2/h10-11,13-14,18,22H,4-9,12H2,1-3H3,(H,21,24)(H,23,25). The van der Waals surface area contributed by atoms with Crippen molar-refractivity contribution in [3.8, 4) is 0 Å². The largest absolute Gasteiger partial charge is 0.372 e. The predicted molar refractivity (Wildman–Crippen MR) is 103 cm³/mol. The molecule has 1 aliphatic heterocycles. The second-order valence-corrected chi connectivity index (χ2v) is 6.93. The molecule has 0 saturated heterocycles. The van der Waals surface area contributed by atoms with Crippen LogP contribution in [0.1, 0.15) is 69.7 Å². The molecule has 2 rings (SSSR count). The Balaban J connectivity index is 1.92. The van der Waals surface area contributed by atoms with Crippen molar-refractivity contribution < 1.29 is 9.59 Å². The first kappa shape index (κ1) is 19.3. The second kappa shape index (κ2) is 9.44. The van der Waals surface area contributed by atoms with Gasteiger partial charge in [-0.25, -0.2) is 0 Å². The van der Waals surface area contributed by atoms with Gasteiger partial charge in [0.2, 0.25) is 5.91 Å². The van der Waals surface area contributed by atoms with Crippen molar-refractivity contribution in [2.24, 2.45) is 5.92 Å². The number of rotatable bonds is 9. The number of amides is 2. The monoisotopic (exact) mass is 345 g/mol. The molecule has 0 aliphatic carbocycles. The van der Waals surface area contributed by atoms with E-state index in [0.29, 0.717) is 17.8 Å². The Labute approximate surface area is 151 Å². The van der Waals surface area contributed by atoms with Crippen LogP contribution in [0.15, 0.2) is 18.2 Å². The number of unbranched alkanes of at least 4 members (excludes halogenated alkanes) is 4. The number of hydrogen-bond acceptors (Lipinski definition) is 3. The smallest absolute Gasteiger partial charge is 0.251 e. The molecule has 5 heteroatoms. The quantitative estimate of drug-likeness (QED) is 0.588. The van der Waals surface area contributed by atoms with E-state index in [4.69, 9.17) is 0 Å². The van der Waals surface area contributed by atoms with Gasteiger partial charge in [0.15, 0.2) is 0 Å². The average Bonchev–Trinajstić information content (AvgIpc) is 2.62. The van der Waals surface area contributed by atoms with Crippen LogP contribution in [0.4, 0.5) is 11.4 Å². The van der Waals surface area contributed by atoms with E-state index in [0.717, 1.165) is 24.9 Å². The fourth-order valence-corrected chi connectivity index (χ4v) is 3.03. The number of carbonyl (C=O) groups is 2. The van der Waals surface area contributed by atoms with Crippen LogP contribution < -0.4 is 16.0 Å². The zero-order valence-corrected chi connectivity index (χ0v) is 15.7. The SMILES string of the molecule is CCCCCCCNC(=O)c1ccc2c(c1)NC(=O)C(C(C)CC)N2. The van der Waals surface area contributed by atoms with Gasteiger partial charge in [0.25, 0.3) is 5.91 Å². The topological polar surface area (TPSA) is 70.2 Å². The third-order valence-corrected chi connectivity index (χ3v) is 4.91. The normalized spacial score (nSPS) is 17.2. The molecular formula is C20H31N3O2. The van der Waals surface area contributed by atoms with Crippen molar-refractivity contribution >= 4 is 23.2 Å². The van der Waals surface area contributed by atoms with Crippen LogP contribution in [0.25, 0.3) is 0 Å². The molecule has 0 aromatic heterocycles. The van der Waals surface area contributed by atoms with Gasteiger partial charge in [0, 0.05) is 12.1 Å². The Morgan fingerprint density at radius 3 is 2.64 bits per heavy atom. The van der Waals surface area contributed by atoms with Crippen LogP contribution in [0.3, 0.4) is 0 Å². The molecule has 0 spiro atoms. The van der Waals surface area contributed by atoms with Crippen LogP contribution in [0.2, 0.25) is 0 Å². The summed E-state index contributed by atoms with van der Waals surface area (Å²) in [7, 11) is 0. The summed E-state index contributed by atoms with van der Waals surface area (Å²) < 4.78 is 0. The molecule has 5 nitrogen and oxygen atoms in total. The van der Waals surface area contributed by atoms with Crippen LogP contribution in [0, 0.1) is 5.92 Å². The summed E-state index contributed by atoms with van der Waals surface area (Å²) in [5.74, 6) is 0.135. The molecule has 0 bridgehead atoms. The van der Waals surface area contributed by atoms with Crippen molar-refractivity contribution in [3.63, 3.8) is 0 Å². The van der Waals surface area contributed by atoms with Crippen molar-refractivity contribution in [1.82, 2.24) is 5.32 Å². The predicted octanol–water partition coefficient (Wildman–Crippen LogP) is 4.17. The molecule has 0 saturated carbocycles. The van der Waals surface area contributed by atoms with Crippen molar-refractivity contribution in [2.45, 2.75) is 65.3 Å². The first-order valence-corrected chi connectivity index (χ1v) is 9.56. The minimum absolute atomic E-state index is 0.0321. The highest BCUT2D eigenvalue weighted by Crippen LogP contribution is 2.30. The zero-order valence-electron chi connectivity index (χ0n) is 15.7. The Hall–Kier alpha value is -2.04. The number of benzene rings is 1. The minimum atomic E-state index is -0.222. The van der Waals surface area contributed by atoms with Crippen molar-refractivity contribution in [3.05, 3.63) is 23.8 Å². The summed E-state index contributed by atoms with van der Waals surface area (Å²) in [6.45, 7) is 7.02. The van der Waals surface area contributed by atoms with Crippen LogP contribution >= 0.6 is 0 Å². The highest BCUT2D eigenvalue weighted by atomic mass is 16.2. The van der Waals surface area contributed by atoms with Crippen LogP contribution in [0.5, 0.6) is 0 Å². The first-order chi connectivity index (χ1) is 12.1. The van der Waals surface area contributed by atoms with Crippen LogP contribution in [-0.2, 0) is 4.79 Å². The molecule has 3 N–H and O–H groups in total. The van der Waals surface area contributed by atoms with Gasteiger partial charge in [0.05, 0.1) is 11.4 Å². The van der Waals surface area contributed by atoms with Gasteiger partial charge in [-0.3, -0.25) is 9.59 Å². The second-order valence-electron chi connectivity index (χ2n) is 6.93. The van der Waals surface area contributed by atoms with Crippen molar-refractivity contribution in [1.29, 1.82) is 0 Å². The lowest BCUT2D eigenvalue weighted by atomic mass is 9.95. The Morgan fingerprint density at radius 2 is 1.92 bits per heavy atom. The minimum Gasteiger partial charge on any atom is -0.372 e. The van der Waals surface area contributed by atoms with E-state index in [1.165, 1.54) is 19.3 Å². The highest BCUT2D eigenvalue weighted by Gasteiger charge is 2.29. The lowest BCUT2D eigenvalue weighted by Gasteiger charge is -2.30. The Morgan fingerprint density at radius 1 is 1.16 bits per heavy atom. The van der Waals surface area contributed by atoms with E-state index in [1.54, 1.807) is 6.07 Å². The van der Waals surface area contributed by atoms with E-state index >= 15 is 0 Å². The molecule has 25 heavy (non-hydrogen) atoms. The molecule has 1 aromatic carbocycles. The average molecular weight is 345 g/mol. The highest BCUT2D eigenvalue weighted by molar-refractivity contribution is 6.05. The van der Waals surface area contributed by atoms with E-state index in [9.17, 15) is 9.59 Å². The molecule has 0 radical (unpaired) electrons. The van der Waals surface area contributed by atoms with Gasteiger partial charge in [-0.2, -0.15) is 0 Å². The maximum atomic E-state index is 12.3. The lowest BCUT2D eigenvalue weighted by Crippen LogP contribution is -2.43. The molecule has 1 aliphatic rings. The van der Waals surface area contributed by atoms with E-state index in [1.807, 2.05) is 12.1 Å². The third-order valence-electron chi connectivity index (χ3n) is 4.91. The van der Waals surface area contributed by atoms with Gasteiger partial charge in [0.1, 0.15) is 6.04 Å². The Bertz CT molecular complexity index is 601. The summed E-state index contributed by atoms with van der Waals surface area (Å²) in [5, 5.41) is 9.18. The summed E-state index contributed by atoms with van der Waals surface area (Å²) >= 11 is 0. The number of carbonyl (C=O) groups excluding carboxylic acids is 2. The fourth-order valence-electron chi connectivity index (χ4n) is 3.03. The maximum absolute atomic E-state index is 12.3. The van der Waals surface area contributed by atoms with Gasteiger partial charge in [-0.05, 0) is 30.5 Å². The number of hydrogen-bond donors (Lipinski definition) is 3. The summed E-state index contributed by atoms with van der Waals surface area (Å²) in [6, 6.07) is 5.21. The van der Waals surface area contributed by atoms with Crippen molar-refractivity contribution in [2.75, 3.05) is 17.2 Å². The molecule has 0 fully saturated rings.